The van der Waals surface area contributed by atoms with Crippen LogP contribution in [0.3, 0.4) is 0 Å². The Labute approximate surface area is 342 Å². The van der Waals surface area contributed by atoms with E-state index >= 15 is 0 Å². The van der Waals surface area contributed by atoms with Crippen molar-refractivity contribution < 1.29 is 4.42 Å². The lowest BCUT2D eigenvalue weighted by molar-refractivity contribution is 0.607. The summed E-state index contributed by atoms with van der Waals surface area (Å²) in [6, 6.07) is 73.6. The number of rotatable bonds is 5. The topological polar surface area (TPSA) is 51.8 Å². The molecule has 59 heavy (non-hydrogen) atoms. The van der Waals surface area contributed by atoms with E-state index in [4.69, 9.17) is 14.4 Å². The minimum absolute atomic E-state index is 0.677. The lowest BCUT2D eigenvalue weighted by Gasteiger charge is -2.12. The highest BCUT2D eigenvalue weighted by Gasteiger charge is 2.13. The van der Waals surface area contributed by atoms with Crippen molar-refractivity contribution in [1.29, 1.82) is 0 Å². The number of para-hydroxylation sites is 1. The van der Waals surface area contributed by atoms with Gasteiger partial charge in [0.2, 0.25) is 0 Å². The largest absolute Gasteiger partial charge is 0.464 e. The van der Waals surface area contributed by atoms with Crippen molar-refractivity contribution in [2.24, 2.45) is 0 Å². The van der Waals surface area contributed by atoms with E-state index in [0.29, 0.717) is 5.82 Å². The van der Waals surface area contributed by atoms with Gasteiger partial charge in [0.25, 0.3) is 0 Å². The molecule has 4 heteroatoms. The van der Waals surface area contributed by atoms with Gasteiger partial charge in [0.05, 0.1) is 23.2 Å². The Bertz CT molecular complexity index is 3280. The smallest absolute Gasteiger partial charge is 0.160 e. The van der Waals surface area contributed by atoms with Crippen molar-refractivity contribution in [3.05, 3.63) is 225 Å². The Kier molecular flexibility index (Phi) is 9.55. The zero-order valence-electron chi connectivity index (χ0n) is 32.1. The SMILES string of the molecule is c1cccc2cc(-c3cc(-c4cccc(-c5ccccc5)c4)nc(-c4ccccc4)n3)ccc2c2ccc(-c3ccc4cccnc4c3)cc2c2ccccc2occ1. The minimum atomic E-state index is 0.677. The van der Waals surface area contributed by atoms with Gasteiger partial charge in [0.15, 0.2) is 5.82 Å². The molecule has 0 saturated heterocycles. The number of aromatic nitrogens is 3. The molecule has 0 aliphatic heterocycles. The monoisotopic (exact) mass is 755 g/mol. The van der Waals surface area contributed by atoms with Crippen molar-refractivity contribution in [3.8, 4) is 56.2 Å². The fourth-order valence-electron chi connectivity index (χ4n) is 7.72. The van der Waals surface area contributed by atoms with E-state index in [1.165, 1.54) is 0 Å². The van der Waals surface area contributed by atoms with Crippen molar-refractivity contribution >= 4 is 43.4 Å². The third-order valence-electron chi connectivity index (χ3n) is 10.7. The number of nitrogens with zero attached hydrogens (tertiary/aromatic N) is 3. The van der Waals surface area contributed by atoms with Crippen LogP contribution in [-0.4, -0.2) is 15.0 Å². The van der Waals surface area contributed by atoms with Gasteiger partial charge in [-0.25, -0.2) is 9.97 Å². The summed E-state index contributed by atoms with van der Waals surface area (Å²) in [7, 11) is 0. The molecule has 0 N–H and O–H groups in total. The van der Waals surface area contributed by atoms with Crippen LogP contribution in [0.25, 0.3) is 99.6 Å². The van der Waals surface area contributed by atoms with Crippen LogP contribution in [-0.2, 0) is 0 Å². The predicted octanol–water partition coefficient (Wildman–Crippen LogP) is 14.7. The first-order chi connectivity index (χ1) is 29.2. The van der Waals surface area contributed by atoms with Crippen LogP contribution in [0.1, 0.15) is 0 Å². The summed E-state index contributed by atoms with van der Waals surface area (Å²) in [6.07, 6.45) is 3.58. The number of hydrogen-bond acceptors (Lipinski definition) is 4. The Morgan fingerprint density at radius 3 is 1.80 bits per heavy atom. The number of fused-ring (bicyclic) bond motifs is 6. The zero-order valence-corrected chi connectivity index (χ0v) is 32.1. The van der Waals surface area contributed by atoms with Gasteiger partial charge in [0, 0.05) is 33.7 Å². The highest BCUT2D eigenvalue weighted by molar-refractivity contribution is 6.14. The van der Waals surface area contributed by atoms with Crippen LogP contribution >= 0.6 is 0 Å². The quantitative estimate of drug-likeness (QED) is 0.176. The van der Waals surface area contributed by atoms with Crippen molar-refractivity contribution in [1.82, 2.24) is 15.0 Å². The molecule has 3 aromatic heterocycles. The van der Waals surface area contributed by atoms with Gasteiger partial charge in [0.1, 0.15) is 5.58 Å². The summed E-state index contributed by atoms with van der Waals surface area (Å²) in [5.41, 5.74) is 10.9. The molecule has 0 spiro atoms. The molecule has 10 aromatic rings. The lowest BCUT2D eigenvalue weighted by atomic mass is 9.96. The maximum absolute atomic E-state index is 6.27. The van der Waals surface area contributed by atoms with E-state index in [9.17, 15) is 0 Å². The Morgan fingerprint density at radius 1 is 0.322 bits per heavy atom. The maximum Gasteiger partial charge on any atom is 0.160 e. The summed E-state index contributed by atoms with van der Waals surface area (Å²) >= 11 is 0. The molecule has 4 nitrogen and oxygen atoms in total. The van der Waals surface area contributed by atoms with Gasteiger partial charge in [-0.05, 0) is 92.3 Å². The van der Waals surface area contributed by atoms with E-state index < -0.39 is 0 Å². The number of hydrogen-bond donors (Lipinski definition) is 0. The lowest BCUT2D eigenvalue weighted by Crippen LogP contribution is -1.96. The molecule has 278 valence electrons. The summed E-state index contributed by atoms with van der Waals surface area (Å²) in [4.78, 5) is 15.0. The molecular formula is C55H37N3O. The van der Waals surface area contributed by atoms with Gasteiger partial charge in [-0.3, -0.25) is 4.98 Å². The van der Waals surface area contributed by atoms with Gasteiger partial charge < -0.3 is 4.42 Å². The van der Waals surface area contributed by atoms with Gasteiger partial charge in [-0.2, -0.15) is 0 Å². The van der Waals surface area contributed by atoms with Crippen LogP contribution in [0, 0.1) is 0 Å². The van der Waals surface area contributed by atoms with Crippen LogP contribution in [0.15, 0.2) is 229 Å². The highest BCUT2D eigenvalue weighted by Crippen LogP contribution is 2.35. The van der Waals surface area contributed by atoms with Gasteiger partial charge in [-0.15, -0.1) is 0 Å². The second-order valence-electron chi connectivity index (χ2n) is 14.4. The first kappa shape index (κ1) is 35.5. The van der Waals surface area contributed by atoms with E-state index in [1.807, 2.05) is 66.9 Å². The molecule has 0 atom stereocenters. The molecule has 3 heterocycles. The van der Waals surface area contributed by atoms with Gasteiger partial charge in [-0.1, -0.05) is 164 Å². The van der Waals surface area contributed by atoms with Gasteiger partial charge >= 0.3 is 0 Å². The first-order valence-electron chi connectivity index (χ1n) is 19.7. The fourth-order valence-corrected chi connectivity index (χ4v) is 7.72. The third-order valence-corrected chi connectivity index (χ3v) is 10.7. The zero-order chi connectivity index (χ0) is 39.4. The number of pyridine rings is 1. The summed E-state index contributed by atoms with van der Waals surface area (Å²) in [5.74, 6) is 0.677. The normalized spacial score (nSPS) is 11.1. The summed E-state index contributed by atoms with van der Waals surface area (Å²) in [6.45, 7) is 0. The van der Waals surface area contributed by atoms with E-state index in [2.05, 4.69) is 157 Å². The van der Waals surface area contributed by atoms with Crippen LogP contribution in [0.2, 0.25) is 0 Å². The summed E-state index contributed by atoms with van der Waals surface area (Å²) in [5, 5.41) is 6.42. The van der Waals surface area contributed by atoms with E-state index in [-0.39, 0.29) is 0 Å². The van der Waals surface area contributed by atoms with Crippen LogP contribution < -0.4 is 0 Å². The van der Waals surface area contributed by atoms with Crippen molar-refractivity contribution in [3.63, 3.8) is 0 Å². The second kappa shape index (κ2) is 15.9. The predicted molar refractivity (Wildman–Crippen MR) is 245 cm³/mol. The maximum atomic E-state index is 6.27. The second-order valence-corrected chi connectivity index (χ2v) is 14.4. The molecule has 0 radical (unpaired) electrons. The third kappa shape index (κ3) is 7.39. The van der Waals surface area contributed by atoms with E-state index in [1.54, 1.807) is 6.26 Å². The van der Waals surface area contributed by atoms with Crippen LogP contribution in [0.5, 0.6) is 0 Å². The first-order valence-corrected chi connectivity index (χ1v) is 19.7. The molecule has 0 saturated carbocycles. The summed E-state index contributed by atoms with van der Waals surface area (Å²) < 4.78 is 6.27. The minimum Gasteiger partial charge on any atom is -0.464 e. The van der Waals surface area contributed by atoms with Crippen LogP contribution in [0.4, 0.5) is 0 Å². The molecule has 7 aromatic carbocycles. The highest BCUT2D eigenvalue weighted by atomic mass is 16.3. The molecule has 0 aliphatic carbocycles. The van der Waals surface area contributed by atoms with Crippen molar-refractivity contribution in [2.45, 2.75) is 0 Å². The van der Waals surface area contributed by atoms with E-state index in [0.717, 1.165) is 93.7 Å². The average molecular weight is 756 g/mol. The molecule has 0 aliphatic rings. The Morgan fingerprint density at radius 2 is 0.932 bits per heavy atom. The molecule has 0 bridgehead atoms. The molecular weight excluding hydrogens is 719 g/mol. The number of benzene rings is 7. The Hall–Kier alpha value is -7.95. The Balaban J connectivity index is 1.20. The standard InChI is InChI=1S/C55H37N3O/c1-2-12-32-59-54-24-11-10-23-49(54)50-35-42(43-26-25-39-22-14-31-56-51(39)36-43)27-30-48(50)47-29-28-46(34-44(47)19-5-1)53-37-52(57-55(58-53)40-17-8-4-9-18-40)45-21-13-20-41(33-45)38-15-6-3-7-16-38/h1-37H. The fraction of sp³-hybridized carbons (Fsp3) is 0. The molecule has 0 unspecified atom stereocenters. The molecule has 0 fully saturated rings. The van der Waals surface area contributed by atoms with Crippen molar-refractivity contribution in [2.75, 3.05) is 0 Å². The molecule has 10 rings (SSSR count). The molecule has 0 amide bonds. The average Bonchev–Trinajstić information content (AvgIpc) is 3.32.